The van der Waals surface area contributed by atoms with Gasteiger partial charge in [-0.15, -0.1) is 0 Å². The Morgan fingerprint density at radius 2 is 2.08 bits per heavy atom. The van der Waals surface area contributed by atoms with E-state index in [9.17, 15) is 9.90 Å². The zero-order valence-corrected chi connectivity index (χ0v) is 15.3. The first kappa shape index (κ1) is 18.1. The lowest BCUT2D eigenvalue weighted by molar-refractivity contribution is 0.0952. The van der Waals surface area contributed by atoms with Gasteiger partial charge in [-0.2, -0.15) is 0 Å². The standard InChI is InChI=1S/C20H21ClN2O3/c1-2-26-18-13-15(12-16(21)19(18)24)20(25)22-9-5-10-23-11-8-14-6-3-4-7-17(14)23/h3-4,6-8,11-13,24H,2,5,9-10H2,1H3,(H,22,25). The number of nitrogens with zero attached hydrogens (tertiary/aromatic N) is 1. The minimum absolute atomic E-state index is 0.0971. The molecule has 0 saturated carbocycles. The summed E-state index contributed by atoms with van der Waals surface area (Å²) in [4.78, 5) is 12.3. The molecule has 136 valence electrons. The Bertz CT molecular complexity index is 921. The van der Waals surface area contributed by atoms with Gasteiger partial charge in [-0.05, 0) is 43.0 Å². The first-order valence-electron chi connectivity index (χ1n) is 8.57. The van der Waals surface area contributed by atoms with Gasteiger partial charge in [0, 0.05) is 30.4 Å². The summed E-state index contributed by atoms with van der Waals surface area (Å²) >= 11 is 5.97. The largest absolute Gasteiger partial charge is 0.503 e. The van der Waals surface area contributed by atoms with E-state index in [1.54, 1.807) is 6.92 Å². The van der Waals surface area contributed by atoms with Crippen LogP contribution in [0.3, 0.4) is 0 Å². The summed E-state index contributed by atoms with van der Waals surface area (Å²) in [6.45, 7) is 3.52. The number of aryl methyl sites for hydroxylation is 1. The minimum atomic E-state index is -0.245. The molecular formula is C20H21ClN2O3. The van der Waals surface area contributed by atoms with E-state index >= 15 is 0 Å². The second-order valence-electron chi connectivity index (χ2n) is 5.92. The number of aromatic nitrogens is 1. The number of halogens is 1. The monoisotopic (exact) mass is 372 g/mol. The summed E-state index contributed by atoms with van der Waals surface area (Å²) in [7, 11) is 0. The van der Waals surface area contributed by atoms with Crippen LogP contribution in [0.4, 0.5) is 0 Å². The van der Waals surface area contributed by atoms with Crippen molar-refractivity contribution < 1.29 is 14.6 Å². The zero-order valence-electron chi connectivity index (χ0n) is 14.5. The molecule has 5 nitrogen and oxygen atoms in total. The minimum Gasteiger partial charge on any atom is -0.503 e. The smallest absolute Gasteiger partial charge is 0.251 e. The Hall–Kier alpha value is -2.66. The fraction of sp³-hybridized carbons (Fsp3) is 0.250. The van der Waals surface area contributed by atoms with Gasteiger partial charge in [-0.3, -0.25) is 4.79 Å². The molecule has 1 heterocycles. The van der Waals surface area contributed by atoms with E-state index in [1.165, 1.54) is 23.0 Å². The molecule has 6 heteroatoms. The summed E-state index contributed by atoms with van der Waals surface area (Å²) in [6.07, 6.45) is 2.86. The van der Waals surface area contributed by atoms with Gasteiger partial charge in [0.05, 0.1) is 11.6 Å². The lowest BCUT2D eigenvalue weighted by Crippen LogP contribution is -2.25. The molecule has 2 N–H and O–H groups in total. The van der Waals surface area contributed by atoms with Crippen molar-refractivity contribution in [2.75, 3.05) is 13.2 Å². The molecular weight excluding hydrogens is 352 g/mol. The van der Waals surface area contributed by atoms with Crippen LogP contribution in [-0.4, -0.2) is 28.7 Å². The molecule has 0 aliphatic carbocycles. The van der Waals surface area contributed by atoms with Crippen LogP contribution in [0.5, 0.6) is 11.5 Å². The van der Waals surface area contributed by atoms with E-state index in [2.05, 4.69) is 34.3 Å². The highest BCUT2D eigenvalue weighted by atomic mass is 35.5. The number of carbonyl (C=O) groups is 1. The van der Waals surface area contributed by atoms with E-state index in [0.717, 1.165) is 13.0 Å². The number of hydrogen-bond donors (Lipinski definition) is 2. The molecule has 0 spiro atoms. The Morgan fingerprint density at radius 1 is 1.27 bits per heavy atom. The third-order valence-corrected chi connectivity index (χ3v) is 4.42. The predicted octanol–water partition coefficient (Wildman–Crippen LogP) is 4.22. The summed E-state index contributed by atoms with van der Waals surface area (Å²) in [5.41, 5.74) is 1.55. The number of carbonyl (C=O) groups excluding carboxylic acids is 1. The number of hydrogen-bond acceptors (Lipinski definition) is 3. The van der Waals surface area contributed by atoms with Gasteiger partial charge in [0.15, 0.2) is 11.5 Å². The van der Waals surface area contributed by atoms with Crippen LogP contribution in [0.15, 0.2) is 48.7 Å². The number of benzene rings is 2. The molecule has 0 bridgehead atoms. The molecule has 0 fully saturated rings. The highest BCUT2D eigenvalue weighted by Crippen LogP contribution is 2.35. The molecule has 0 aliphatic heterocycles. The number of para-hydroxylation sites is 1. The van der Waals surface area contributed by atoms with E-state index in [1.807, 2.05) is 12.1 Å². The van der Waals surface area contributed by atoms with Crippen molar-refractivity contribution in [3.63, 3.8) is 0 Å². The van der Waals surface area contributed by atoms with Crippen LogP contribution in [0, 0.1) is 0 Å². The average Bonchev–Trinajstić information content (AvgIpc) is 3.05. The summed E-state index contributed by atoms with van der Waals surface area (Å²) in [5, 5.41) is 14.0. The lowest BCUT2D eigenvalue weighted by Gasteiger charge is -2.11. The molecule has 0 atom stereocenters. The highest BCUT2D eigenvalue weighted by Gasteiger charge is 2.14. The van der Waals surface area contributed by atoms with Crippen LogP contribution in [-0.2, 0) is 6.54 Å². The number of rotatable bonds is 7. The zero-order chi connectivity index (χ0) is 18.5. The van der Waals surface area contributed by atoms with Gasteiger partial charge in [0.1, 0.15) is 0 Å². The molecule has 2 aromatic carbocycles. The van der Waals surface area contributed by atoms with Crippen molar-refractivity contribution >= 4 is 28.4 Å². The molecule has 3 aromatic rings. The van der Waals surface area contributed by atoms with E-state index in [-0.39, 0.29) is 22.4 Å². The predicted molar refractivity (Wildman–Crippen MR) is 103 cm³/mol. The first-order chi connectivity index (χ1) is 12.6. The molecule has 1 aromatic heterocycles. The lowest BCUT2D eigenvalue weighted by atomic mass is 10.2. The van der Waals surface area contributed by atoms with Crippen molar-refractivity contribution in [1.82, 2.24) is 9.88 Å². The topological polar surface area (TPSA) is 63.5 Å². The van der Waals surface area contributed by atoms with Crippen LogP contribution in [0.2, 0.25) is 5.02 Å². The second kappa shape index (κ2) is 8.15. The highest BCUT2D eigenvalue weighted by molar-refractivity contribution is 6.32. The van der Waals surface area contributed by atoms with Crippen LogP contribution >= 0.6 is 11.6 Å². The number of amides is 1. The summed E-state index contributed by atoms with van der Waals surface area (Å²) in [5.74, 6) is -0.182. The fourth-order valence-electron chi connectivity index (χ4n) is 2.86. The quantitative estimate of drug-likeness (QED) is 0.610. The van der Waals surface area contributed by atoms with Crippen molar-refractivity contribution in [1.29, 1.82) is 0 Å². The van der Waals surface area contributed by atoms with E-state index in [4.69, 9.17) is 16.3 Å². The number of phenolic OH excluding ortho intramolecular Hbond substituents is 1. The first-order valence-corrected chi connectivity index (χ1v) is 8.95. The van der Waals surface area contributed by atoms with Gasteiger partial charge in [-0.25, -0.2) is 0 Å². The van der Waals surface area contributed by atoms with E-state index in [0.29, 0.717) is 18.7 Å². The van der Waals surface area contributed by atoms with Gasteiger partial charge < -0.3 is 19.7 Å². The molecule has 26 heavy (non-hydrogen) atoms. The Balaban J connectivity index is 1.57. The van der Waals surface area contributed by atoms with Gasteiger partial charge >= 0.3 is 0 Å². The third kappa shape index (κ3) is 3.94. The van der Waals surface area contributed by atoms with Gasteiger partial charge in [0.25, 0.3) is 5.91 Å². The number of nitrogens with one attached hydrogen (secondary N) is 1. The maximum atomic E-state index is 12.3. The maximum Gasteiger partial charge on any atom is 0.251 e. The summed E-state index contributed by atoms with van der Waals surface area (Å²) < 4.78 is 7.48. The van der Waals surface area contributed by atoms with E-state index < -0.39 is 0 Å². The number of fused-ring (bicyclic) bond motifs is 1. The Labute approximate surface area is 157 Å². The van der Waals surface area contributed by atoms with Crippen LogP contribution < -0.4 is 10.1 Å². The van der Waals surface area contributed by atoms with Crippen molar-refractivity contribution in [2.45, 2.75) is 19.9 Å². The molecule has 3 rings (SSSR count). The summed E-state index contributed by atoms with van der Waals surface area (Å²) in [6, 6.07) is 13.2. The third-order valence-electron chi connectivity index (χ3n) is 4.13. The normalized spacial score (nSPS) is 10.8. The van der Waals surface area contributed by atoms with Crippen LogP contribution in [0.1, 0.15) is 23.7 Å². The fourth-order valence-corrected chi connectivity index (χ4v) is 3.07. The molecule has 1 amide bonds. The Kier molecular flexibility index (Phi) is 5.68. The average molecular weight is 373 g/mol. The van der Waals surface area contributed by atoms with Gasteiger partial charge in [0.2, 0.25) is 0 Å². The van der Waals surface area contributed by atoms with Crippen molar-refractivity contribution in [3.05, 3.63) is 59.2 Å². The molecule has 0 unspecified atom stereocenters. The van der Waals surface area contributed by atoms with Gasteiger partial charge in [-0.1, -0.05) is 29.8 Å². The second-order valence-corrected chi connectivity index (χ2v) is 6.32. The van der Waals surface area contributed by atoms with Crippen LogP contribution in [0.25, 0.3) is 10.9 Å². The van der Waals surface area contributed by atoms with Crippen molar-refractivity contribution in [2.24, 2.45) is 0 Å². The number of ether oxygens (including phenoxy) is 1. The SMILES string of the molecule is CCOc1cc(C(=O)NCCCn2ccc3ccccc32)cc(Cl)c1O. The Morgan fingerprint density at radius 3 is 2.88 bits per heavy atom. The molecule has 0 aliphatic rings. The van der Waals surface area contributed by atoms with Crippen molar-refractivity contribution in [3.8, 4) is 11.5 Å². The molecule has 0 radical (unpaired) electrons. The molecule has 0 saturated heterocycles. The number of phenols is 1. The number of aromatic hydroxyl groups is 1. The maximum absolute atomic E-state index is 12.3.